The van der Waals surface area contributed by atoms with E-state index in [1.807, 2.05) is 60.7 Å². The fourth-order valence-electron chi connectivity index (χ4n) is 2.31. The first kappa shape index (κ1) is 15.8. The topological polar surface area (TPSA) is 33.6 Å². The molecule has 0 aliphatic carbocycles. The van der Waals surface area contributed by atoms with Crippen molar-refractivity contribution in [3.63, 3.8) is 0 Å². The van der Waals surface area contributed by atoms with Gasteiger partial charge < -0.3 is 4.74 Å². The molecule has 0 radical (unpaired) electrons. The summed E-state index contributed by atoms with van der Waals surface area (Å²) >= 11 is 0. The lowest BCUT2D eigenvalue weighted by Gasteiger charge is -2.07. The maximum Gasteiger partial charge on any atom is 0.119 e. The molecule has 0 bridgehead atoms. The number of anilines is 1. The molecule has 120 valence electrons. The second-order valence-electron chi connectivity index (χ2n) is 5.58. The Morgan fingerprint density at radius 1 is 0.917 bits per heavy atom. The highest BCUT2D eigenvalue weighted by Crippen LogP contribution is 2.14. The normalized spacial score (nSPS) is 10.7. The Balaban J connectivity index is 1.53. The molecule has 0 aliphatic rings. The number of hydrazone groups is 1. The van der Waals surface area contributed by atoms with Gasteiger partial charge in [-0.1, -0.05) is 48.0 Å². The largest absolute Gasteiger partial charge is 0.489 e. The molecule has 0 saturated heterocycles. The van der Waals surface area contributed by atoms with Crippen molar-refractivity contribution in [2.45, 2.75) is 13.5 Å². The van der Waals surface area contributed by atoms with Gasteiger partial charge in [0.2, 0.25) is 0 Å². The fraction of sp³-hybridized carbons (Fsp3) is 0.0952. The molecule has 0 saturated carbocycles. The van der Waals surface area contributed by atoms with Gasteiger partial charge in [0.05, 0.1) is 11.9 Å². The van der Waals surface area contributed by atoms with Crippen LogP contribution in [0, 0.1) is 6.92 Å². The molecule has 3 nitrogen and oxygen atoms in total. The lowest BCUT2D eigenvalue weighted by atomic mass is 10.1. The van der Waals surface area contributed by atoms with Gasteiger partial charge in [-0.05, 0) is 54.4 Å². The van der Waals surface area contributed by atoms with E-state index < -0.39 is 0 Å². The number of nitrogens with one attached hydrogen (secondary N) is 1. The first-order valence-corrected chi connectivity index (χ1v) is 7.92. The summed E-state index contributed by atoms with van der Waals surface area (Å²) in [7, 11) is 0. The Labute approximate surface area is 142 Å². The van der Waals surface area contributed by atoms with Crippen LogP contribution in [0.5, 0.6) is 5.75 Å². The highest BCUT2D eigenvalue weighted by molar-refractivity contribution is 5.80. The molecule has 1 N–H and O–H groups in total. The quantitative estimate of drug-likeness (QED) is 0.512. The van der Waals surface area contributed by atoms with Crippen LogP contribution >= 0.6 is 0 Å². The molecule has 3 aromatic carbocycles. The molecule has 0 heterocycles. The molecular formula is C21H20N2O. The zero-order valence-corrected chi connectivity index (χ0v) is 13.6. The van der Waals surface area contributed by atoms with E-state index in [4.69, 9.17) is 4.74 Å². The highest BCUT2D eigenvalue weighted by atomic mass is 16.5. The number of hydrogen-bond donors (Lipinski definition) is 1. The van der Waals surface area contributed by atoms with Gasteiger partial charge in [-0.15, -0.1) is 0 Å². The molecule has 0 fully saturated rings. The summed E-state index contributed by atoms with van der Waals surface area (Å²) in [5.41, 5.74) is 7.40. The number of para-hydroxylation sites is 1. The second kappa shape index (κ2) is 7.97. The maximum atomic E-state index is 5.82. The zero-order chi connectivity index (χ0) is 16.6. The summed E-state index contributed by atoms with van der Waals surface area (Å²) in [6.45, 7) is 2.66. The monoisotopic (exact) mass is 316 g/mol. The molecule has 0 aliphatic heterocycles. The van der Waals surface area contributed by atoms with Gasteiger partial charge >= 0.3 is 0 Å². The summed E-state index contributed by atoms with van der Waals surface area (Å²) in [5.74, 6) is 0.852. The number of rotatable bonds is 6. The average molecular weight is 316 g/mol. The van der Waals surface area contributed by atoms with Crippen LogP contribution in [-0.2, 0) is 6.61 Å². The lowest BCUT2D eigenvalue weighted by molar-refractivity contribution is 0.306. The van der Waals surface area contributed by atoms with Crippen LogP contribution in [0.1, 0.15) is 16.7 Å². The van der Waals surface area contributed by atoms with Crippen LogP contribution in [0.2, 0.25) is 0 Å². The van der Waals surface area contributed by atoms with Crippen molar-refractivity contribution in [2.75, 3.05) is 5.43 Å². The van der Waals surface area contributed by atoms with Crippen LogP contribution in [0.15, 0.2) is 84.0 Å². The molecule has 0 aromatic heterocycles. The van der Waals surface area contributed by atoms with Crippen molar-refractivity contribution in [1.82, 2.24) is 0 Å². The Hall–Kier alpha value is -3.07. The van der Waals surface area contributed by atoms with Gasteiger partial charge in [0.1, 0.15) is 12.4 Å². The summed E-state index contributed by atoms with van der Waals surface area (Å²) in [6, 6.07) is 26.1. The number of aryl methyl sites for hydroxylation is 1. The smallest absolute Gasteiger partial charge is 0.119 e. The number of hydrogen-bond acceptors (Lipinski definition) is 3. The standard InChI is InChI=1S/C21H20N2O/c1-17-6-5-7-19(14-17)16-24-21-12-10-18(11-13-21)15-22-23-20-8-3-2-4-9-20/h2-15,23H,16H2,1H3. The van der Waals surface area contributed by atoms with Crippen molar-refractivity contribution in [1.29, 1.82) is 0 Å². The van der Waals surface area contributed by atoms with Crippen molar-refractivity contribution in [2.24, 2.45) is 5.10 Å². The Morgan fingerprint density at radius 2 is 1.71 bits per heavy atom. The first-order chi connectivity index (χ1) is 11.8. The highest BCUT2D eigenvalue weighted by Gasteiger charge is 1.97. The molecule has 0 atom stereocenters. The maximum absolute atomic E-state index is 5.82. The molecule has 0 amide bonds. The van der Waals surface area contributed by atoms with Crippen LogP contribution in [0.3, 0.4) is 0 Å². The molecule has 24 heavy (non-hydrogen) atoms. The second-order valence-corrected chi connectivity index (χ2v) is 5.58. The van der Waals surface area contributed by atoms with E-state index in [1.54, 1.807) is 6.21 Å². The molecule has 3 heteroatoms. The minimum Gasteiger partial charge on any atom is -0.489 e. The number of nitrogens with zero attached hydrogens (tertiary/aromatic N) is 1. The van der Waals surface area contributed by atoms with E-state index in [2.05, 4.69) is 35.7 Å². The molecule has 3 rings (SSSR count). The SMILES string of the molecule is Cc1cccc(COc2ccc(C=NNc3ccccc3)cc2)c1. The molecule has 0 spiro atoms. The van der Waals surface area contributed by atoms with E-state index in [0.29, 0.717) is 6.61 Å². The summed E-state index contributed by atoms with van der Waals surface area (Å²) in [6.07, 6.45) is 1.79. The minimum atomic E-state index is 0.574. The van der Waals surface area contributed by atoms with E-state index in [-0.39, 0.29) is 0 Å². The first-order valence-electron chi connectivity index (χ1n) is 7.92. The third-order valence-corrected chi connectivity index (χ3v) is 3.55. The van der Waals surface area contributed by atoms with E-state index in [1.165, 1.54) is 11.1 Å². The van der Waals surface area contributed by atoms with Gasteiger partial charge in [-0.2, -0.15) is 5.10 Å². The Morgan fingerprint density at radius 3 is 2.46 bits per heavy atom. The van der Waals surface area contributed by atoms with Crippen molar-refractivity contribution in [3.05, 3.63) is 95.6 Å². The summed E-state index contributed by atoms with van der Waals surface area (Å²) < 4.78 is 5.82. The third-order valence-electron chi connectivity index (χ3n) is 3.55. The Bertz CT molecular complexity index is 796. The van der Waals surface area contributed by atoms with Crippen LogP contribution in [0.25, 0.3) is 0 Å². The summed E-state index contributed by atoms with van der Waals surface area (Å²) in [4.78, 5) is 0. The van der Waals surface area contributed by atoms with E-state index >= 15 is 0 Å². The van der Waals surface area contributed by atoms with Crippen molar-refractivity contribution >= 4 is 11.9 Å². The van der Waals surface area contributed by atoms with Crippen molar-refractivity contribution < 1.29 is 4.74 Å². The predicted molar refractivity (Wildman–Crippen MR) is 99.6 cm³/mol. The van der Waals surface area contributed by atoms with Gasteiger partial charge in [0.15, 0.2) is 0 Å². The molecule has 0 unspecified atom stereocenters. The average Bonchev–Trinajstić information content (AvgIpc) is 2.62. The van der Waals surface area contributed by atoms with E-state index in [9.17, 15) is 0 Å². The van der Waals surface area contributed by atoms with Crippen LogP contribution in [-0.4, -0.2) is 6.21 Å². The molecule has 3 aromatic rings. The van der Waals surface area contributed by atoms with Crippen molar-refractivity contribution in [3.8, 4) is 5.75 Å². The zero-order valence-electron chi connectivity index (χ0n) is 13.6. The fourth-order valence-corrected chi connectivity index (χ4v) is 2.31. The van der Waals surface area contributed by atoms with Gasteiger partial charge in [0.25, 0.3) is 0 Å². The number of ether oxygens (including phenoxy) is 1. The van der Waals surface area contributed by atoms with Crippen LogP contribution in [0.4, 0.5) is 5.69 Å². The third kappa shape index (κ3) is 4.71. The van der Waals surface area contributed by atoms with Gasteiger partial charge in [-0.25, -0.2) is 0 Å². The Kier molecular flexibility index (Phi) is 5.25. The molecular weight excluding hydrogens is 296 g/mol. The minimum absolute atomic E-state index is 0.574. The number of benzene rings is 3. The van der Waals surface area contributed by atoms with Gasteiger partial charge in [-0.3, -0.25) is 5.43 Å². The predicted octanol–water partition coefficient (Wildman–Crippen LogP) is 5.02. The van der Waals surface area contributed by atoms with E-state index in [0.717, 1.165) is 17.0 Å². The summed E-state index contributed by atoms with van der Waals surface area (Å²) in [5, 5.41) is 4.23. The van der Waals surface area contributed by atoms with Gasteiger partial charge in [0, 0.05) is 0 Å². The van der Waals surface area contributed by atoms with Crippen LogP contribution < -0.4 is 10.2 Å². The lowest BCUT2D eigenvalue weighted by Crippen LogP contribution is -1.96.